The molecular weight excluding hydrogens is 402 g/mol. The van der Waals surface area contributed by atoms with Crippen molar-refractivity contribution in [2.45, 2.75) is 32.4 Å². The average Bonchev–Trinajstić information content (AvgIpc) is 3.01. The fraction of sp³-hybridized carbons (Fsp3) is 0.318. The maximum absolute atomic E-state index is 12.9. The lowest BCUT2D eigenvalue weighted by Gasteiger charge is -2.25. The van der Waals surface area contributed by atoms with Crippen LogP contribution >= 0.6 is 0 Å². The largest absolute Gasteiger partial charge is 0.507 e. The number of hydrogen-bond donors (Lipinski definition) is 1. The van der Waals surface area contributed by atoms with Gasteiger partial charge in [0.25, 0.3) is 17.4 Å². The van der Waals surface area contributed by atoms with Crippen LogP contribution in [-0.2, 0) is 14.3 Å². The van der Waals surface area contributed by atoms with Gasteiger partial charge in [0.15, 0.2) is 0 Å². The second kappa shape index (κ2) is 9.48. The van der Waals surface area contributed by atoms with E-state index in [2.05, 4.69) is 4.98 Å². The van der Waals surface area contributed by atoms with Crippen LogP contribution in [0.15, 0.2) is 54.4 Å². The summed E-state index contributed by atoms with van der Waals surface area (Å²) in [6, 6.07) is 7.81. The molecule has 0 aliphatic carbocycles. The van der Waals surface area contributed by atoms with Gasteiger partial charge in [-0.1, -0.05) is 12.1 Å². The van der Waals surface area contributed by atoms with E-state index in [1.165, 1.54) is 41.6 Å². The van der Waals surface area contributed by atoms with Crippen LogP contribution in [0.2, 0.25) is 0 Å². The molecule has 3 rings (SSSR count). The summed E-state index contributed by atoms with van der Waals surface area (Å²) in [4.78, 5) is 41.6. The van der Waals surface area contributed by atoms with Gasteiger partial charge >= 0.3 is 0 Å². The van der Waals surface area contributed by atoms with Gasteiger partial charge in [-0.2, -0.15) is 0 Å². The molecule has 1 atom stereocenters. The van der Waals surface area contributed by atoms with Gasteiger partial charge in [-0.05, 0) is 38.0 Å². The third-order valence-electron chi connectivity index (χ3n) is 4.89. The Hall–Kier alpha value is -3.59. The van der Waals surface area contributed by atoms with Crippen molar-refractivity contribution < 1.29 is 24.4 Å². The summed E-state index contributed by atoms with van der Waals surface area (Å²) in [7, 11) is 0. The van der Waals surface area contributed by atoms with E-state index in [1.807, 2.05) is 13.8 Å². The monoisotopic (exact) mass is 425 g/mol. The molecule has 0 spiro atoms. The van der Waals surface area contributed by atoms with Gasteiger partial charge in [0.1, 0.15) is 5.76 Å². The van der Waals surface area contributed by atoms with Crippen molar-refractivity contribution in [1.29, 1.82) is 0 Å². The molecule has 1 aliphatic heterocycles. The Morgan fingerprint density at radius 1 is 1.26 bits per heavy atom. The van der Waals surface area contributed by atoms with E-state index in [0.717, 1.165) is 0 Å². The van der Waals surface area contributed by atoms with E-state index >= 15 is 0 Å². The van der Waals surface area contributed by atoms with Crippen LogP contribution in [0.5, 0.6) is 0 Å². The minimum absolute atomic E-state index is 0.0419. The predicted molar refractivity (Wildman–Crippen MR) is 112 cm³/mol. The molecule has 1 saturated heterocycles. The highest BCUT2D eigenvalue weighted by Crippen LogP contribution is 2.39. The number of non-ortho nitro benzene ring substituents is 1. The molecule has 1 amide bonds. The first-order valence-corrected chi connectivity index (χ1v) is 9.86. The number of pyridine rings is 1. The molecule has 1 aromatic carbocycles. The number of ketones is 1. The predicted octanol–water partition coefficient (Wildman–Crippen LogP) is 3.23. The third kappa shape index (κ3) is 4.77. The Bertz CT molecular complexity index is 1020. The smallest absolute Gasteiger partial charge is 0.295 e. The molecule has 0 radical (unpaired) electrons. The summed E-state index contributed by atoms with van der Waals surface area (Å²) in [5, 5.41) is 22.0. The van der Waals surface area contributed by atoms with E-state index in [-0.39, 0.29) is 29.5 Å². The number of rotatable bonds is 8. The molecule has 9 heteroatoms. The number of likely N-dealkylation sites (tertiary alicyclic amines) is 1. The first-order chi connectivity index (χ1) is 14.8. The number of nitrogens with zero attached hydrogens (tertiary/aromatic N) is 3. The lowest BCUT2D eigenvalue weighted by atomic mass is 9.96. The fourth-order valence-corrected chi connectivity index (χ4v) is 3.48. The van der Waals surface area contributed by atoms with Crippen molar-refractivity contribution in [3.8, 4) is 0 Å². The Balaban J connectivity index is 2.04. The van der Waals surface area contributed by atoms with E-state index in [4.69, 9.17) is 4.74 Å². The van der Waals surface area contributed by atoms with Crippen molar-refractivity contribution in [2.24, 2.45) is 0 Å². The van der Waals surface area contributed by atoms with Crippen LogP contribution in [0.25, 0.3) is 5.76 Å². The van der Waals surface area contributed by atoms with Crippen LogP contribution in [0.4, 0.5) is 5.69 Å². The number of amides is 1. The summed E-state index contributed by atoms with van der Waals surface area (Å²) in [5.74, 6) is -2.03. The zero-order valence-electron chi connectivity index (χ0n) is 17.2. The number of carbonyl (C=O) groups excluding carboxylic acids is 2. The van der Waals surface area contributed by atoms with Crippen molar-refractivity contribution in [1.82, 2.24) is 9.88 Å². The molecule has 0 saturated carbocycles. The van der Waals surface area contributed by atoms with E-state index in [0.29, 0.717) is 18.6 Å². The van der Waals surface area contributed by atoms with Crippen LogP contribution < -0.4 is 0 Å². The second-order valence-electron chi connectivity index (χ2n) is 7.35. The van der Waals surface area contributed by atoms with Crippen molar-refractivity contribution in [3.63, 3.8) is 0 Å². The maximum Gasteiger partial charge on any atom is 0.295 e. The second-order valence-corrected chi connectivity index (χ2v) is 7.35. The van der Waals surface area contributed by atoms with Gasteiger partial charge in [-0.3, -0.25) is 24.7 Å². The Labute approximate surface area is 179 Å². The zero-order valence-corrected chi connectivity index (χ0v) is 17.2. The minimum Gasteiger partial charge on any atom is -0.507 e. The molecular formula is C22H23N3O6. The first-order valence-electron chi connectivity index (χ1n) is 9.86. The normalized spacial score (nSPS) is 18.0. The fourth-order valence-electron chi connectivity index (χ4n) is 3.48. The summed E-state index contributed by atoms with van der Waals surface area (Å²) in [6.45, 7) is 4.47. The van der Waals surface area contributed by atoms with Crippen LogP contribution in [0, 0.1) is 10.1 Å². The number of benzene rings is 1. The standard InChI is InChI=1S/C22H23N3O6/c1-14(2)31-12-4-11-24-19(15-7-9-23-10-8-15)18(21(27)22(24)28)20(26)16-5-3-6-17(13-16)25(29)30/h3,5-10,13-14,19,26H,4,11-12H2,1-2H3/b20-18-. The third-order valence-corrected chi connectivity index (χ3v) is 4.89. The molecule has 2 heterocycles. The molecule has 31 heavy (non-hydrogen) atoms. The Kier molecular flexibility index (Phi) is 6.76. The first kappa shape index (κ1) is 22.1. The van der Waals surface area contributed by atoms with Gasteiger partial charge in [0, 0.05) is 43.2 Å². The Morgan fingerprint density at radius 2 is 1.97 bits per heavy atom. The number of hydrogen-bond acceptors (Lipinski definition) is 7. The van der Waals surface area contributed by atoms with E-state index < -0.39 is 28.4 Å². The van der Waals surface area contributed by atoms with Crippen molar-refractivity contribution in [3.05, 3.63) is 75.6 Å². The molecule has 1 aliphatic rings. The number of carbonyl (C=O) groups is 2. The number of ether oxygens (including phenoxy) is 1. The molecule has 1 fully saturated rings. The van der Waals surface area contributed by atoms with Gasteiger partial charge in [0.05, 0.1) is 22.6 Å². The molecule has 9 nitrogen and oxygen atoms in total. The SMILES string of the molecule is CC(C)OCCCN1C(=O)C(=O)/C(=C(\O)c2cccc([N+](=O)[O-])c2)C1c1ccncc1. The summed E-state index contributed by atoms with van der Waals surface area (Å²) >= 11 is 0. The number of aliphatic hydroxyl groups is 1. The molecule has 1 unspecified atom stereocenters. The number of Topliss-reactive ketones (excluding diaryl/α,β-unsaturated/α-hetero) is 1. The highest BCUT2D eigenvalue weighted by molar-refractivity contribution is 6.46. The van der Waals surface area contributed by atoms with E-state index in [1.54, 1.807) is 12.1 Å². The van der Waals surface area contributed by atoms with Gasteiger partial charge in [0.2, 0.25) is 0 Å². The maximum atomic E-state index is 12.9. The molecule has 2 aromatic rings. The number of nitro benzene ring substituents is 1. The highest BCUT2D eigenvalue weighted by Gasteiger charge is 2.45. The van der Waals surface area contributed by atoms with Crippen molar-refractivity contribution >= 4 is 23.1 Å². The topological polar surface area (TPSA) is 123 Å². The van der Waals surface area contributed by atoms with Crippen LogP contribution in [0.1, 0.15) is 37.4 Å². The number of aliphatic hydroxyl groups excluding tert-OH is 1. The molecule has 1 aromatic heterocycles. The summed E-state index contributed by atoms with van der Waals surface area (Å²) in [6.07, 6.45) is 3.61. The molecule has 162 valence electrons. The Morgan fingerprint density at radius 3 is 2.61 bits per heavy atom. The lowest BCUT2D eigenvalue weighted by molar-refractivity contribution is -0.384. The van der Waals surface area contributed by atoms with Crippen LogP contribution in [-0.4, -0.2) is 50.9 Å². The number of nitro groups is 1. The van der Waals surface area contributed by atoms with Gasteiger partial charge in [-0.25, -0.2) is 0 Å². The van der Waals surface area contributed by atoms with Gasteiger partial charge < -0.3 is 14.7 Å². The van der Waals surface area contributed by atoms with Crippen molar-refractivity contribution in [2.75, 3.05) is 13.2 Å². The van der Waals surface area contributed by atoms with E-state index in [9.17, 15) is 24.8 Å². The van der Waals surface area contributed by atoms with Crippen LogP contribution in [0.3, 0.4) is 0 Å². The minimum atomic E-state index is -0.837. The zero-order chi connectivity index (χ0) is 22.5. The average molecular weight is 425 g/mol. The van der Waals surface area contributed by atoms with Gasteiger partial charge in [-0.15, -0.1) is 0 Å². The lowest BCUT2D eigenvalue weighted by Crippen LogP contribution is -2.31. The molecule has 0 bridgehead atoms. The summed E-state index contributed by atoms with van der Waals surface area (Å²) < 4.78 is 5.53. The molecule has 1 N–H and O–H groups in total. The quantitative estimate of drug-likeness (QED) is 0.172. The highest BCUT2D eigenvalue weighted by atomic mass is 16.6. The number of aromatic nitrogens is 1. The summed E-state index contributed by atoms with van der Waals surface area (Å²) in [5.41, 5.74) is 0.353.